The van der Waals surface area contributed by atoms with Gasteiger partial charge in [-0.05, 0) is 18.9 Å². The first-order chi connectivity index (χ1) is 6.77. The lowest BCUT2D eigenvalue weighted by molar-refractivity contribution is 0.202. The van der Waals surface area contributed by atoms with Crippen LogP contribution in [0.1, 0.15) is 18.9 Å². The zero-order valence-electron chi connectivity index (χ0n) is 8.49. The maximum atomic E-state index is 13.2. The first kappa shape index (κ1) is 9.66. The molecule has 0 unspecified atom stereocenters. The topological polar surface area (TPSA) is 3.24 Å². The van der Waals surface area contributed by atoms with E-state index in [9.17, 15) is 4.39 Å². The van der Waals surface area contributed by atoms with Gasteiger partial charge in [0, 0.05) is 19.1 Å². The molecule has 2 atom stereocenters. The molecule has 1 aliphatic rings. The van der Waals surface area contributed by atoms with Crippen LogP contribution in [0.5, 0.6) is 0 Å². The fourth-order valence-corrected chi connectivity index (χ4v) is 2.00. The van der Waals surface area contributed by atoms with Crippen molar-refractivity contribution < 1.29 is 4.39 Å². The molecule has 0 N–H and O–H groups in total. The van der Waals surface area contributed by atoms with Crippen LogP contribution in [0.4, 0.5) is 4.39 Å². The van der Waals surface area contributed by atoms with Gasteiger partial charge in [-0.2, -0.15) is 0 Å². The molecule has 1 aromatic rings. The van der Waals surface area contributed by atoms with Crippen molar-refractivity contribution in [3.63, 3.8) is 0 Å². The highest BCUT2D eigenvalue weighted by molar-refractivity contribution is 5.14. The minimum atomic E-state index is -0.640. The summed E-state index contributed by atoms with van der Waals surface area (Å²) in [6.07, 6.45) is 0.0484. The number of halogens is 1. The highest BCUT2D eigenvalue weighted by atomic mass is 19.1. The number of likely N-dealkylation sites (tertiary alicyclic amines) is 1. The Hall–Kier alpha value is -0.890. The van der Waals surface area contributed by atoms with Crippen molar-refractivity contribution in [3.8, 4) is 0 Å². The molecule has 0 amide bonds. The van der Waals surface area contributed by atoms with Crippen LogP contribution in [-0.4, -0.2) is 23.7 Å². The second kappa shape index (κ2) is 4.09. The van der Waals surface area contributed by atoms with Crippen molar-refractivity contribution in [2.45, 2.75) is 32.1 Å². The Bertz CT molecular complexity index is 286. The van der Waals surface area contributed by atoms with Gasteiger partial charge in [0.1, 0.15) is 6.17 Å². The molecule has 1 nitrogen and oxygen atoms in total. The third-order valence-electron chi connectivity index (χ3n) is 3.02. The van der Waals surface area contributed by atoms with Crippen LogP contribution in [0.25, 0.3) is 0 Å². The average Bonchev–Trinajstić information content (AvgIpc) is 2.52. The minimum absolute atomic E-state index is 0.0789. The van der Waals surface area contributed by atoms with Crippen molar-refractivity contribution in [2.75, 3.05) is 6.54 Å². The van der Waals surface area contributed by atoms with Crippen LogP contribution < -0.4 is 0 Å². The molecule has 1 saturated heterocycles. The summed E-state index contributed by atoms with van der Waals surface area (Å²) in [6.45, 7) is 3.74. The molecule has 1 aliphatic heterocycles. The molecule has 0 saturated carbocycles. The van der Waals surface area contributed by atoms with Gasteiger partial charge in [0.2, 0.25) is 0 Å². The summed E-state index contributed by atoms with van der Waals surface area (Å²) in [4.78, 5) is 2.21. The lowest BCUT2D eigenvalue weighted by Gasteiger charge is -2.21. The molecule has 0 aliphatic carbocycles. The second-order valence-corrected chi connectivity index (χ2v) is 4.00. The van der Waals surface area contributed by atoms with Crippen LogP contribution in [0.15, 0.2) is 30.3 Å². The van der Waals surface area contributed by atoms with E-state index in [0.717, 1.165) is 13.1 Å². The monoisotopic (exact) mass is 193 g/mol. The van der Waals surface area contributed by atoms with Gasteiger partial charge in [-0.1, -0.05) is 30.3 Å². The lowest BCUT2D eigenvalue weighted by Crippen LogP contribution is -2.30. The van der Waals surface area contributed by atoms with E-state index in [1.165, 1.54) is 5.56 Å². The molecule has 2 heteroatoms. The van der Waals surface area contributed by atoms with E-state index in [1.807, 2.05) is 25.1 Å². The Morgan fingerprint density at radius 3 is 2.64 bits per heavy atom. The van der Waals surface area contributed by atoms with E-state index in [2.05, 4.69) is 17.0 Å². The molecule has 1 aromatic carbocycles. The normalized spacial score (nSPS) is 28.1. The molecule has 1 fully saturated rings. The van der Waals surface area contributed by atoms with E-state index >= 15 is 0 Å². The summed E-state index contributed by atoms with van der Waals surface area (Å²) < 4.78 is 13.2. The molecular weight excluding hydrogens is 177 g/mol. The summed E-state index contributed by atoms with van der Waals surface area (Å²) >= 11 is 0. The van der Waals surface area contributed by atoms with Gasteiger partial charge in [-0.3, -0.25) is 4.90 Å². The van der Waals surface area contributed by atoms with Crippen molar-refractivity contribution in [1.29, 1.82) is 0 Å². The molecule has 0 spiro atoms. The number of alkyl halides is 1. The number of rotatable bonds is 2. The fourth-order valence-electron chi connectivity index (χ4n) is 2.00. The molecule has 1 heterocycles. The number of benzene rings is 1. The van der Waals surface area contributed by atoms with Crippen LogP contribution in [0.3, 0.4) is 0 Å². The summed E-state index contributed by atoms with van der Waals surface area (Å²) in [6, 6.07) is 10.3. The molecule has 2 rings (SSSR count). The Kier molecular flexibility index (Phi) is 2.82. The third-order valence-corrected chi connectivity index (χ3v) is 3.02. The van der Waals surface area contributed by atoms with Crippen LogP contribution in [0, 0.1) is 0 Å². The molecule has 0 aromatic heterocycles. The fraction of sp³-hybridized carbons (Fsp3) is 0.500. The summed E-state index contributed by atoms with van der Waals surface area (Å²) in [7, 11) is 0. The van der Waals surface area contributed by atoms with Crippen LogP contribution >= 0.6 is 0 Å². The number of hydrogen-bond donors (Lipinski definition) is 0. The second-order valence-electron chi connectivity index (χ2n) is 4.00. The maximum absolute atomic E-state index is 13.2. The number of hydrogen-bond acceptors (Lipinski definition) is 1. The predicted octanol–water partition coefficient (Wildman–Crippen LogP) is 2.62. The van der Waals surface area contributed by atoms with Crippen molar-refractivity contribution in [3.05, 3.63) is 35.9 Å². The Labute approximate surface area is 84.5 Å². The van der Waals surface area contributed by atoms with Gasteiger partial charge in [0.25, 0.3) is 0 Å². The van der Waals surface area contributed by atoms with Gasteiger partial charge < -0.3 is 0 Å². The van der Waals surface area contributed by atoms with Crippen LogP contribution in [-0.2, 0) is 6.54 Å². The zero-order valence-corrected chi connectivity index (χ0v) is 8.49. The Balaban J connectivity index is 1.99. The van der Waals surface area contributed by atoms with Gasteiger partial charge in [-0.15, -0.1) is 0 Å². The summed E-state index contributed by atoms with van der Waals surface area (Å²) in [5.74, 6) is 0. The summed E-state index contributed by atoms with van der Waals surface area (Å²) in [5, 5.41) is 0. The van der Waals surface area contributed by atoms with E-state index < -0.39 is 6.17 Å². The van der Waals surface area contributed by atoms with Gasteiger partial charge >= 0.3 is 0 Å². The molecular formula is C12H16FN. The van der Waals surface area contributed by atoms with E-state index in [0.29, 0.717) is 6.42 Å². The smallest absolute Gasteiger partial charge is 0.117 e. The molecule has 0 bridgehead atoms. The van der Waals surface area contributed by atoms with Crippen molar-refractivity contribution in [1.82, 2.24) is 4.90 Å². The molecule has 0 radical (unpaired) electrons. The largest absolute Gasteiger partial charge is 0.293 e. The van der Waals surface area contributed by atoms with E-state index in [4.69, 9.17) is 0 Å². The SMILES string of the molecule is C[C@H]1[C@H](F)CCN1Cc1ccccc1. The first-order valence-corrected chi connectivity index (χ1v) is 5.19. The quantitative estimate of drug-likeness (QED) is 0.698. The first-order valence-electron chi connectivity index (χ1n) is 5.19. The lowest BCUT2D eigenvalue weighted by atomic mass is 10.2. The Morgan fingerprint density at radius 2 is 2.07 bits per heavy atom. The zero-order chi connectivity index (χ0) is 9.97. The van der Waals surface area contributed by atoms with Gasteiger partial charge in [-0.25, -0.2) is 4.39 Å². The van der Waals surface area contributed by atoms with E-state index in [1.54, 1.807) is 0 Å². The minimum Gasteiger partial charge on any atom is -0.293 e. The molecule has 14 heavy (non-hydrogen) atoms. The van der Waals surface area contributed by atoms with Gasteiger partial charge in [0.05, 0.1) is 0 Å². The predicted molar refractivity (Wildman–Crippen MR) is 55.8 cm³/mol. The Morgan fingerprint density at radius 1 is 1.36 bits per heavy atom. The average molecular weight is 193 g/mol. The van der Waals surface area contributed by atoms with Crippen LogP contribution in [0.2, 0.25) is 0 Å². The van der Waals surface area contributed by atoms with E-state index in [-0.39, 0.29) is 6.04 Å². The highest BCUT2D eigenvalue weighted by Crippen LogP contribution is 2.22. The summed E-state index contributed by atoms with van der Waals surface area (Å²) in [5.41, 5.74) is 1.27. The number of nitrogens with zero attached hydrogens (tertiary/aromatic N) is 1. The third kappa shape index (κ3) is 1.95. The standard InChI is InChI=1S/C12H16FN/c1-10-12(13)7-8-14(10)9-11-5-3-2-4-6-11/h2-6,10,12H,7-9H2,1H3/t10-,12+/m0/s1. The highest BCUT2D eigenvalue weighted by Gasteiger charge is 2.29. The van der Waals surface area contributed by atoms with Gasteiger partial charge in [0.15, 0.2) is 0 Å². The van der Waals surface area contributed by atoms with Crippen molar-refractivity contribution in [2.24, 2.45) is 0 Å². The van der Waals surface area contributed by atoms with Crippen molar-refractivity contribution >= 4 is 0 Å². The molecule has 76 valence electrons. The maximum Gasteiger partial charge on any atom is 0.117 e.